The zero-order chi connectivity index (χ0) is 17.5. The summed E-state index contributed by atoms with van der Waals surface area (Å²) in [6.45, 7) is 6.00. The van der Waals surface area contributed by atoms with Gasteiger partial charge in [-0.2, -0.15) is 0 Å². The number of benzene rings is 1. The number of carbonyl (C=O) groups is 2. The van der Waals surface area contributed by atoms with E-state index in [4.69, 9.17) is 0 Å². The summed E-state index contributed by atoms with van der Waals surface area (Å²) in [6.07, 6.45) is 6.78. The Kier molecular flexibility index (Phi) is 6.83. The molecule has 4 heteroatoms. The summed E-state index contributed by atoms with van der Waals surface area (Å²) in [7, 11) is 0. The van der Waals surface area contributed by atoms with Crippen LogP contribution in [0.2, 0.25) is 0 Å². The van der Waals surface area contributed by atoms with Crippen molar-refractivity contribution in [1.29, 1.82) is 0 Å². The number of anilines is 1. The maximum Gasteiger partial charge on any atom is 0.244 e. The molecule has 1 aromatic carbocycles. The molecule has 24 heavy (non-hydrogen) atoms. The van der Waals surface area contributed by atoms with Crippen molar-refractivity contribution in [3.63, 3.8) is 0 Å². The summed E-state index contributed by atoms with van der Waals surface area (Å²) in [5.41, 5.74) is 2.03. The molecule has 1 fully saturated rings. The highest BCUT2D eigenvalue weighted by Crippen LogP contribution is 2.22. The fourth-order valence-corrected chi connectivity index (χ4v) is 3.37. The highest BCUT2D eigenvalue weighted by molar-refractivity contribution is 5.94. The van der Waals surface area contributed by atoms with Crippen LogP contribution < -0.4 is 5.32 Å². The van der Waals surface area contributed by atoms with Crippen molar-refractivity contribution in [1.82, 2.24) is 4.90 Å². The monoisotopic (exact) mass is 330 g/mol. The molecule has 0 spiro atoms. The molecule has 1 aliphatic carbocycles. The Bertz CT molecular complexity index is 543. The molecule has 1 aliphatic rings. The van der Waals surface area contributed by atoms with E-state index in [1.165, 1.54) is 18.4 Å². The minimum Gasteiger partial charge on any atom is -0.331 e. The summed E-state index contributed by atoms with van der Waals surface area (Å²) in [5.74, 6) is 0.345. The van der Waals surface area contributed by atoms with Crippen LogP contribution >= 0.6 is 0 Å². The first-order valence-corrected chi connectivity index (χ1v) is 9.14. The third-order valence-electron chi connectivity index (χ3n) is 4.84. The van der Waals surface area contributed by atoms with Crippen molar-refractivity contribution in [2.75, 3.05) is 11.9 Å². The van der Waals surface area contributed by atoms with Crippen molar-refractivity contribution < 1.29 is 9.59 Å². The van der Waals surface area contributed by atoms with Gasteiger partial charge in [-0.05, 0) is 36.5 Å². The molecule has 1 aromatic rings. The quantitative estimate of drug-likeness (QED) is 0.817. The van der Waals surface area contributed by atoms with E-state index in [-0.39, 0.29) is 24.4 Å². The van der Waals surface area contributed by atoms with Gasteiger partial charge in [-0.25, -0.2) is 0 Å². The first kappa shape index (κ1) is 18.5. The summed E-state index contributed by atoms with van der Waals surface area (Å²) < 4.78 is 0. The lowest BCUT2D eigenvalue weighted by atomic mass is 10.0. The predicted molar refractivity (Wildman–Crippen MR) is 98.0 cm³/mol. The second kappa shape index (κ2) is 8.86. The van der Waals surface area contributed by atoms with Crippen LogP contribution in [0.4, 0.5) is 5.69 Å². The Labute approximate surface area is 145 Å². The number of nitrogens with one attached hydrogen (secondary N) is 1. The minimum absolute atomic E-state index is 0.00722. The molecular formula is C20H30N2O2. The highest BCUT2D eigenvalue weighted by atomic mass is 16.2. The molecule has 0 aliphatic heterocycles. The Morgan fingerprint density at radius 1 is 1.08 bits per heavy atom. The van der Waals surface area contributed by atoms with E-state index >= 15 is 0 Å². The summed E-state index contributed by atoms with van der Waals surface area (Å²) in [6, 6.07) is 8.13. The van der Waals surface area contributed by atoms with Gasteiger partial charge in [0.15, 0.2) is 0 Å². The maximum atomic E-state index is 12.4. The zero-order valence-corrected chi connectivity index (χ0v) is 15.2. The van der Waals surface area contributed by atoms with Crippen LogP contribution in [0.25, 0.3) is 0 Å². The van der Waals surface area contributed by atoms with Crippen molar-refractivity contribution in [3.8, 4) is 0 Å². The summed E-state index contributed by atoms with van der Waals surface area (Å²) in [4.78, 5) is 26.1. The number of rotatable bonds is 5. The highest BCUT2D eigenvalue weighted by Gasteiger charge is 2.24. The molecule has 0 bridgehead atoms. The van der Waals surface area contributed by atoms with Crippen molar-refractivity contribution in [3.05, 3.63) is 29.8 Å². The lowest BCUT2D eigenvalue weighted by molar-refractivity contribution is -0.135. The van der Waals surface area contributed by atoms with Gasteiger partial charge in [0.1, 0.15) is 6.54 Å². The number of carbonyl (C=O) groups excluding carboxylic acids is 2. The third kappa shape index (κ3) is 5.36. The first-order chi connectivity index (χ1) is 11.5. The van der Waals surface area contributed by atoms with Gasteiger partial charge in [0.2, 0.25) is 11.8 Å². The van der Waals surface area contributed by atoms with Crippen molar-refractivity contribution >= 4 is 17.5 Å². The second-order valence-corrected chi connectivity index (χ2v) is 7.12. The van der Waals surface area contributed by atoms with Gasteiger partial charge in [-0.15, -0.1) is 0 Å². The molecule has 0 heterocycles. The van der Waals surface area contributed by atoms with Crippen LogP contribution in [0.5, 0.6) is 0 Å². The molecule has 2 rings (SSSR count). The third-order valence-corrected chi connectivity index (χ3v) is 4.84. The average Bonchev–Trinajstić information content (AvgIpc) is 2.82. The van der Waals surface area contributed by atoms with Gasteiger partial charge >= 0.3 is 0 Å². The lowest BCUT2D eigenvalue weighted by Crippen LogP contribution is -2.43. The molecule has 0 radical (unpaired) electrons. The molecular weight excluding hydrogens is 300 g/mol. The van der Waals surface area contributed by atoms with Crippen molar-refractivity contribution in [2.24, 2.45) is 0 Å². The number of amides is 2. The van der Waals surface area contributed by atoms with Gasteiger partial charge < -0.3 is 10.2 Å². The van der Waals surface area contributed by atoms with E-state index in [1.54, 1.807) is 11.8 Å². The van der Waals surface area contributed by atoms with E-state index in [1.807, 2.05) is 24.3 Å². The smallest absolute Gasteiger partial charge is 0.244 e. The summed E-state index contributed by atoms with van der Waals surface area (Å²) in [5, 5.41) is 2.92. The van der Waals surface area contributed by atoms with Gasteiger partial charge in [0, 0.05) is 18.7 Å². The molecule has 1 N–H and O–H groups in total. The van der Waals surface area contributed by atoms with E-state index < -0.39 is 0 Å². The molecule has 0 atom stereocenters. The summed E-state index contributed by atoms with van der Waals surface area (Å²) >= 11 is 0. The van der Waals surface area contributed by atoms with Crippen LogP contribution in [0, 0.1) is 0 Å². The van der Waals surface area contributed by atoms with E-state index in [2.05, 4.69) is 19.2 Å². The Hall–Kier alpha value is -1.84. The van der Waals surface area contributed by atoms with Crippen LogP contribution in [0.3, 0.4) is 0 Å². The van der Waals surface area contributed by atoms with Crippen LogP contribution in [-0.4, -0.2) is 29.3 Å². The second-order valence-electron chi connectivity index (χ2n) is 7.12. The predicted octanol–water partition coefficient (Wildman–Crippen LogP) is 4.32. The molecule has 0 saturated heterocycles. The fourth-order valence-electron chi connectivity index (χ4n) is 3.37. The molecule has 0 unspecified atom stereocenters. The van der Waals surface area contributed by atoms with Crippen LogP contribution in [-0.2, 0) is 9.59 Å². The van der Waals surface area contributed by atoms with Gasteiger partial charge in [0.25, 0.3) is 0 Å². The number of hydrogen-bond acceptors (Lipinski definition) is 2. The van der Waals surface area contributed by atoms with Gasteiger partial charge in [-0.1, -0.05) is 51.7 Å². The maximum absolute atomic E-state index is 12.4. The molecule has 1 saturated carbocycles. The number of hydrogen-bond donors (Lipinski definition) is 1. The van der Waals surface area contributed by atoms with Crippen LogP contribution in [0.15, 0.2) is 24.3 Å². The van der Waals surface area contributed by atoms with E-state index in [9.17, 15) is 9.59 Å². The number of nitrogens with zero attached hydrogens (tertiary/aromatic N) is 1. The SMILES string of the molecule is CC(=O)N(CC(=O)Nc1ccc(C(C)C)cc1)C1CCCCCC1. The van der Waals surface area contributed by atoms with Gasteiger partial charge in [0.05, 0.1) is 0 Å². The standard InChI is InChI=1S/C20H30N2O2/c1-15(2)17-10-12-18(13-11-17)21-20(24)14-22(16(3)23)19-8-6-4-5-7-9-19/h10-13,15,19H,4-9,14H2,1-3H3,(H,21,24). The van der Waals surface area contributed by atoms with Crippen molar-refractivity contribution in [2.45, 2.75) is 71.3 Å². The largest absolute Gasteiger partial charge is 0.331 e. The van der Waals surface area contributed by atoms with E-state index in [0.717, 1.165) is 31.4 Å². The van der Waals surface area contributed by atoms with E-state index in [0.29, 0.717) is 5.92 Å². The zero-order valence-electron chi connectivity index (χ0n) is 15.2. The first-order valence-electron chi connectivity index (χ1n) is 9.14. The molecule has 2 amide bonds. The molecule has 0 aromatic heterocycles. The fraction of sp³-hybridized carbons (Fsp3) is 0.600. The Morgan fingerprint density at radius 2 is 1.67 bits per heavy atom. The lowest BCUT2D eigenvalue weighted by Gasteiger charge is -2.29. The van der Waals surface area contributed by atoms with Crippen LogP contribution in [0.1, 0.15) is 70.8 Å². The molecule has 132 valence electrons. The normalized spacial score (nSPS) is 15.8. The average molecular weight is 330 g/mol. The Balaban J connectivity index is 1.95. The Morgan fingerprint density at radius 3 is 2.17 bits per heavy atom. The minimum atomic E-state index is -0.119. The molecule has 4 nitrogen and oxygen atoms in total. The van der Waals surface area contributed by atoms with Gasteiger partial charge in [-0.3, -0.25) is 9.59 Å². The topological polar surface area (TPSA) is 49.4 Å².